The van der Waals surface area contributed by atoms with Gasteiger partial charge in [-0.05, 0) is 0 Å². The molecule has 0 bridgehead atoms. The van der Waals surface area contributed by atoms with Crippen molar-refractivity contribution in [2.24, 2.45) is 0 Å². The Kier molecular flexibility index (Phi) is 3.17. The molecule has 0 aliphatic heterocycles. The van der Waals surface area contributed by atoms with Gasteiger partial charge in [0.15, 0.2) is 0 Å². The van der Waals surface area contributed by atoms with Crippen LogP contribution in [-0.2, 0) is 0 Å². The van der Waals surface area contributed by atoms with E-state index in [-0.39, 0.29) is 0 Å². The molecule has 0 saturated heterocycles. The first-order valence-electron chi connectivity index (χ1n) is 2.41. The second kappa shape index (κ2) is 3.15. The summed E-state index contributed by atoms with van der Waals surface area (Å²) >= 11 is 0. The molecule has 0 aromatic heterocycles. The predicted octanol–water partition coefficient (Wildman–Crippen LogP) is 0.382. The molecule has 0 aromatic carbocycles. The van der Waals surface area contributed by atoms with E-state index in [1.807, 2.05) is 6.92 Å². The molecule has 0 radical (unpaired) electrons. The second-order valence-electron chi connectivity index (χ2n) is 1.50. The van der Waals surface area contributed by atoms with Crippen molar-refractivity contribution in [3.8, 4) is 0 Å². The predicted molar refractivity (Wildman–Crippen MR) is 34.4 cm³/mol. The van der Waals surface area contributed by atoms with Crippen LogP contribution in [0, 0.1) is 0 Å². The van der Waals surface area contributed by atoms with Crippen molar-refractivity contribution in [2.75, 3.05) is 0 Å². The van der Waals surface area contributed by atoms with Gasteiger partial charge in [-0.15, -0.1) is 0 Å². The molecule has 8 heavy (non-hydrogen) atoms. The molecule has 50 valence electrons. The number of allylic oxidation sites excluding steroid dienone is 1. The van der Waals surface area contributed by atoms with Crippen molar-refractivity contribution < 1.29 is 14.7 Å². The van der Waals surface area contributed by atoms with Gasteiger partial charge in [0.05, 0.1) is 0 Å². The van der Waals surface area contributed by atoms with E-state index in [0.29, 0.717) is 6.42 Å². The fourth-order valence-corrected chi connectivity index (χ4v) is 0.828. The average Bonchev–Trinajstić information content (AvgIpc) is 1.59. The third-order valence-electron chi connectivity index (χ3n) is 0.577. The van der Waals surface area contributed by atoms with E-state index in [2.05, 4.69) is 0 Å². The molecular weight excluding hydrogens is 127 g/mol. The Morgan fingerprint density at radius 1 is 1.38 bits per heavy atom. The number of hydrogen-bond donors (Lipinski definition) is 3. The molecule has 0 aliphatic rings. The summed E-state index contributed by atoms with van der Waals surface area (Å²) in [5.41, 5.74) is 0. The standard InChI is InChI=1S/C4H11O3P/c1-2-3-4-8(5,6)7/h3-8H,2H2,1H3. The Morgan fingerprint density at radius 2 is 1.88 bits per heavy atom. The van der Waals surface area contributed by atoms with Crippen LogP contribution < -0.4 is 0 Å². The molecular formula is C4H11O3P. The fourth-order valence-electron chi connectivity index (χ4n) is 0.276. The molecule has 0 unspecified atom stereocenters. The van der Waals surface area contributed by atoms with E-state index < -0.39 is 7.94 Å². The van der Waals surface area contributed by atoms with Crippen LogP contribution in [0.1, 0.15) is 13.3 Å². The Labute approximate surface area is 48.9 Å². The van der Waals surface area contributed by atoms with Gasteiger partial charge in [0.25, 0.3) is 0 Å². The van der Waals surface area contributed by atoms with E-state index in [1.54, 1.807) is 0 Å². The Morgan fingerprint density at radius 3 is 2.00 bits per heavy atom. The Bertz CT molecular complexity index is 83.8. The average molecular weight is 138 g/mol. The fraction of sp³-hybridized carbons (Fsp3) is 0.500. The molecule has 0 aromatic rings. The van der Waals surface area contributed by atoms with Crippen LogP contribution >= 0.6 is 7.94 Å². The van der Waals surface area contributed by atoms with Crippen LogP contribution in [0.3, 0.4) is 0 Å². The topological polar surface area (TPSA) is 60.7 Å². The summed E-state index contributed by atoms with van der Waals surface area (Å²) in [6.45, 7) is 1.84. The molecule has 0 aliphatic carbocycles. The third kappa shape index (κ3) is 6.05. The van der Waals surface area contributed by atoms with Crippen molar-refractivity contribution in [2.45, 2.75) is 13.3 Å². The monoisotopic (exact) mass is 138 g/mol. The van der Waals surface area contributed by atoms with Gasteiger partial charge in [0.1, 0.15) is 0 Å². The van der Waals surface area contributed by atoms with Crippen LogP contribution in [0.25, 0.3) is 0 Å². The normalized spacial score (nSPS) is 15.0. The zero-order chi connectivity index (χ0) is 6.62. The van der Waals surface area contributed by atoms with Crippen molar-refractivity contribution in [3.63, 3.8) is 0 Å². The Balaban J connectivity index is 3.52. The van der Waals surface area contributed by atoms with Crippen molar-refractivity contribution >= 4 is 7.94 Å². The molecule has 0 rings (SSSR count). The van der Waals surface area contributed by atoms with Gasteiger partial charge in [-0.3, -0.25) is 0 Å². The van der Waals surface area contributed by atoms with Gasteiger partial charge in [-0.1, -0.05) is 0 Å². The summed E-state index contributed by atoms with van der Waals surface area (Å²) in [5, 5.41) is 0. The summed E-state index contributed by atoms with van der Waals surface area (Å²) in [6, 6.07) is 0. The first kappa shape index (κ1) is 8.05. The van der Waals surface area contributed by atoms with Crippen molar-refractivity contribution in [1.29, 1.82) is 0 Å². The zero-order valence-corrected chi connectivity index (χ0v) is 5.70. The summed E-state index contributed by atoms with van der Waals surface area (Å²) in [4.78, 5) is 24.9. The molecule has 0 heterocycles. The van der Waals surface area contributed by atoms with Gasteiger partial charge in [-0.2, -0.15) is 0 Å². The first-order valence-corrected chi connectivity index (χ1v) is 4.33. The summed E-state index contributed by atoms with van der Waals surface area (Å²) in [7, 11) is -3.86. The second-order valence-corrected chi connectivity index (χ2v) is 3.21. The minimum atomic E-state index is -3.86. The minimum absolute atomic E-state index is 0.705. The molecule has 3 nitrogen and oxygen atoms in total. The molecule has 0 atom stereocenters. The molecule has 0 amide bonds. The first-order chi connectivity index (χ1) is 3.56. The quantitative estimate of drug-likeness (QED) is 0.483. The van der Waals surface area contributed by atoms with Gasteiger partial charge in [-0.25, -0.2) is 0 Å². The molecule has 4 heteroatoms. The van der Waals surface area contributed by atoms with E-state index >= 15 is 0 Å². The molecule has 0 spiro atoms. The van der Waals surface area contributed by atoms with Gasteiger partial charge in [0.2, 0.25) is 0 Å². The molecule has 3 N–H and O–H groups in total. The van der Waals surface area contributed by atoms with Crippen LogP contribution in [0.5, 0.6) is 0 Å². The van der Waals surface area contributed by atoms with Crippen LogP contribution in [0.15, 0.2) is 11.9 Å². The maximum atomic E-state index is 8.31. The van der Waals surface area contributed by atoms with Crippen molar-refractivity contribution in [3.05, 3.63) is 11.9 Å². The van der Waals surface area contributed by atoms with Gasteiger partial charge in [0, 0.05) is 0 Å². The summed E-state index contributed by atoms with van der Waals surface area (Å²) < 4.78 is 0. The summed E-state index contributed by atoms with van der Waals surface area (Å²) in [6.07, 6.45) is 2.22. The summed E-state index contributed by atoms with van der Waals surface area (Å²) in [5.74, 6) is 1.05. The number of hydrogen-bond acceptors (Lipinski definition) is 3. The van der Waals surface area contributed by atoms with E-state index in [1.165, 1.54) is 6.08 Å². The van der Waals surface area contributed by atoms with Crippen molar-refractivity contribution in [1.82, 2.24) is 0 Å². The zero-order valence-electron chi connectivity index (χ0n) is 4.70. The SMILES string of the molecule is CCC=C[PH](O)(O)O. The van der Waals surface area contributed by atoms with E-state index in [4.69, 9.17) is 14.7 Å². The van der Waals surface area contributed by atoms with Gasteiger partial charge < -0.3 is 0 Å². The van der Waals surface area contributed by atoms with Gasteiger partial charge >= 0.3 is 47.9 Å². The number of rotatable bonds is 2. The van der Waals surface area contributed by atoms with E-state index in [9.17, 15) is 0 Å². The molecule has 0 fully saturated rings. The van der Waals surface area contributed by atoms with Crippen LogP contribution in [0.2, 0.25) is 0 Å². The maximum absolute atomic E-state index is 8.31. The third-order valence-corrected chi connectivity index (χ3v) is 1.26. The van der Waals surface area contributed by atoms with E-state index in [0.717, 1.165) is 5.82 Å². The van der Waals surface area contributed by atoms with Crippen LogP contribution in [-0.4, -0.2) is 14.7 Å². The van der Waals surface area contributed by atoms with Crippen LogP contribution in [0.4, 0.5) is 0 Å². The molecule has 0 saturated carbocycles. The Hall–Kier alpha value is 0.0500.